The molecule has 154 valence electrons. The number of nitrogens with zero attached hydrogens (tertiary/aromatic N) is 1. The highest BCUT2D eigenvalue weighted by Crippen LogP contribution is 2.36. The number of hydrogen-bond acceptors (Lipinski definition) is 4. The third-order valence-electron chi connectivity index (χ3n) is 5.59. The number of ether oxygens (including phenoxy) is 2. The molecular weight excluding hydrogens is 375 g/mol. The molecule has 0 saturated carbocycles. The van der Waals surface area contributed by atoms with Gasteiger partial charge in [-0.05, 0) is 48.3 Å². The van der Waals surface area contributed by atoms with Crippen LogP contribution in [-0.2, 0) is 20.7 Å². The number of piperidine rings is 1. The standard InChI is InChI=1S/C20H24F3NO4/c1-27-18(25)12-16(15-3-2-14-6-9-28-17(14)11-15)10-13-4-7-24(8-5-13)19(26)20(21,22)23/h2-3,11,13,16H,4-10,12H2,1H3. The van der Waals surface area contributed by atoms with Crippen LogP contribution in [0, 0.1) is 5.92 Å². The Morgan fingerprint density at radius 1 is 1.29 bits per heavy atom. The minimum Gasteiger partial charge on any atom is -0.493 e. The summed E-state index contributed by atoms with van der Waals surface area (Å²) in [5.41, 5.74) is 2.11. The predicted octanol–water partition coefficient (Wildman–Crippen LogP) is 3.46. The fourth-order valence-electron chi connectivity index (χ4n) is 4.01. The Balaban J connectivity index is 1.66. The van der Waals surface area contributed by atoms with Gasteiger partial charge >= 0.3 is 18.1 Å². The number of carbonyl (C=O) groups is 2. The van der Waals surface area contributed by atoms with E-state index in [4.69, 9.17) is 9.47 Å². The fraction of sp³-hybridized carbons (Fsp3) is 0.600. The molecule has 1 atom stereocenters. The van der Waals surface area contributed by atoms with Crippen LogP contribution in [0.2, 0.25) is 0 Å². The molecule has 0 radical (unpaired) electrons. The van der Waals surface area contributed by atoms with E-state index in [1.807, 2.05) is 18.2 Å². The lowest BCUT2D eigenvalue weighted by Crippen LogP contribution is -2.45. The lowest BCUT2D eigenvalue weighted by Gasteiger charge is -2.34. The Kier molecular flexibility index (Phi) is 6.15. The second-order valence-corrected chi connectivity index (χ2v) is 7.41. The Bertz CT molecular complexity index is 727. The van der Waals surface area contributed by atoms with Crippen molar-refractivity contribution in [2.24, 2.45) is 5.92 Å². The number of halogens is 3. The third-order valence-corrected chi connectivity index (χ3v) is 5.59. The molecule has 0 spiro atoms. The third kappa shape index (κ3) is 4.77. The number of rotatable bonds is 5. The molecule has 1 saturated heterocycles. The van der Waals surface area contributed by atoms with Gasteiger partial charge < -0.3 is 14.4 Å². The largest absolute Gasteiger partial charge is 0.493 e. The highest BCUT2D eigenvalue weighted by Gasteiger charge is 2.43. The smallest absolute Gasteiger partial charge is 0.471 e. The second kappa shape index (κ2) is 8.41. The van der Waals surface area contributed by atoms with Crippen molar-refractivity contribution in [3.63, 3.8) is 0 Å². The zero-order chi connectivity index (χ0) is 20.3. The zero-order valence-corrected chi connectivity index (χ0v) is 15.8. The zero-order valence-electron chi connectivity index (χ0n) is 15.8. The minimum absolute atomic E-state index is 0.0846. The van der Waals surface area contributed by atoms with Gasteiger partial charge in [-0.1, -0.05) is 12.1 Å². The van der Waals surface area contributed by atoms with Gasteiger partial charge in [0.05, 0.1) is 20.1 Å². The molecule has 0 N–H and O–H groups in total. The van der Waals surface area contributed by atoms with Crippen molar-refractivity contribution in [1.29, 1.82) is 0 Å². The summed E-state index contributed by atoms with van der Waals surface area (Å²) in [6.45, 7) is 0.814. The van der Waals surface area contributed by atoms with Crippen LogP contribution in [0.5, 0.6) is 5.75 Å². The number of benzene rings is 1. The van der Waals surface area contributed by atoms with Gasteiger partial charge in [0.25, 0.3) is 0 Å². The van der Waals surface area contributed by atoms with Crippen molar-refractivity contribution < 1.29 is 32.2 Å². The number of likely N-dealkylation sites (tertiary alicyclic amines) is 1. The average Bonchev–Trinajstić information content (AvgIpc) is 3.14. The van der Waals surface area contributed by atoms with E-state index in [1.54, 1.807) is 0 Å². The maximum Gasteiger partial charge on any atom is 0.471 e. The first-order valence-electron chi connectivity index (χ1n) is 9.46. The van der Waals surface area contributed by atoms with Gasteiger partial charge in [0.2, 0.25) is 0 Å². The van der Waals surface area contributed by atoms with Gasteiger partial charge in [-0.2, -0.15) is 13.2 Å². The molecule has 1 aromatic rings. The summed E-state index contributed by atoms with van der Waals surface area (Å²) < 4.78 is 48.2. The minimum atomic E-state index is -4.83. The fourth-order valence-corrected chi connectivity index (χ4v) is 4.01. The van der Waals surface area contributed by atoms with E-state index in [1.165, 1.54) is 7.11 Å². The lowest BCUT2D eigenvalue weighted by atomic mass is 9.82. The molecule has 0 aromatic heterocycles. The van der Waals surface area contributed by atoms with Crippen LogP contribution >= 0.6 is 0 Å². The summed E-state index contributed by atoms with van der Waals surface area (Å²) in [6, 6.07) is 5.95. The maximum atomic E-state index is 12.6. The summed E-state index contributed by atoms with van der Waals surface area (Å²) >= 11 is 0. The van der Waals surface area contributed by atoms with Gasteiger partial charge in [-0.3, -0.25) is 9.59 Å². The summed E-state index contributed by atoms with van der Waals surface area (Å²) in [6.07, 6.45) is -2.13. The molecule has 0 bridgehead atoms. The topological polar surface area (TPSA) is 55.8 Å². The number of esters is 1. The van der Waals surface area contributed by atoms with Crippen molar-refractivity contribution >= 4 is 11.9 Å². The van der Waals surface area contributed by atoms with Crippen molar-refractivity contribution in [1.82, 2.24) is 4.90 Å². The van der Waals surface area contributed by atoms with Crippen molar-refractivity contribution in [2.45, 2.75) is 44.2 Å². The van der Waals surface area contributed by atoms with E-state index in [0.29, 0.717) is 25.9 Å². The van der Waals surface area contributed by atoms with E-state index in [-0.39, 0.29) is 37.3 Å². The van der Waals surface area contributed by atoms with Crippen molar-refractivity contribution in [3.8, 4) is 5.75 Å². The number of hydrogen-bond donors (Lipinski definition) is 0. The Hall–Kier alpha value is -2.25. The normalized spacial score (nSPS) is 18.4. The summed E-state index contributed by atoms with van der Waals surface area (Å²) in [5, 5.41) is 0. The number of methoxy groups -OCH3 is 1. The summed E-state index contributed by atoms with van der Waals surface area (Å²) in [7, 11) is 1.34. The molecule has 1 unspecified atom stereocenters. The SMILES string of the molecule is COC(=O)CC(CC1CCN(C(=O)C(F)(F)F)CC1)c1ccc2c(c1)OCC2. The van der Waals surface area contributed by atoms with Crippen LogP contribution in [0.15, 0.2) is 18.2 Å². The van der Waals surface area contributed by atoms with Gasteiger partial charge in [0.1, 0.15) is 5.75 Å². The Morgan fingerprint density at radius 3 is 2.64 bits per heavy atom. The van der Waals surface area contributed by atoms with Crippen molar-refractivity contribution in [2.75, 3.05) is 26.8 Å². The quantitative estimate of drug-likeness (QED) is 0.712. The molecule has 2 aliphatic rings. The summed E-state index contributed by atoms with van der Waals surface area (Å²) in [5.74, 6) is -1.22. The predicted molar refractivity (Wildman–Crippen MR) is 95.0 cm³/mol. The van der Waals surface area contributed by atoms with E-state index in [9.17, 15) is 22.8 Å². The Labute approximate surface area is 161 Å². The van der Waals surface area contributed by atoms with Crippen LogP contribution in [0.1, 0.15) is 42.7 Å². The Morgan fingerprint density at radius 2 is 2.00 bits per heavy atom. The van der Waals surface area contributed by atoms with Gasteiger partial charge in [0, 0.05) is 19.5 Å². The number of fused-ring (bicyclic) bond motifs is 1. The van der Waals surface area contributed by atoms with E-state index < -0.39 is 12.1 Å². The highest BCUT2D eigenvalue weighted by molar-refractivity contribution is 5.81. The molecule has 8 heteroatoms. The molecule has 1 fully saturated rings. The number of carbonyl (C=O) groups excluding carboxylic acids is 2. The van der Waals surface area contributed by atoms with E-state index in [2.05, 4.69) is 0 Å². The number of alkyl halides is 3. The lowest BCUT2D eigenvalue weighted by molar-refractivity contribution is -0.186. The second-order valence-electron chi connectivity index (χ2n) is 7.41. The maximum absolute atomic E-state index is 12.6. The van der Waals surface area contributed by atoms with Crippen LogP contribution in [0.25, 0.3) is 0 Å². The highest BCUT2D eigenvalue weighted by atomic mass is 19.4. The van der Waals surface area contributed by atoms with Crippen LogP contribution < -0.4 is 4.74 Å². The monoisotopic (exact) mass is 399 g/mol. The molecule has 2 aliphatic heterocycles. The molecule has 5 nitrogen and oxygen atoms in total. The average molecular weight is 399 g/mol. The van der Waals surface area contributed by atoms with Crippen molar-refractivity contribution in [3.05, 3.63) is 29.3 Å². The molecular formula is C20H24F3NO4. The van der Waals surface area contributed by atoms with E-state index in [0.717, 1.165) is 28.2 Å². The van der Waals surface area contributed by atoms with Crippen LogP contribution in [0.3, 0.4) is 0 Å². The molecule has 1 amide bonds. The van der Waals surface area contributed by atoms with Gasteiger partial charge in [-0.25, -0.2) is 0 Å². The first kappa shape index (κ1) is 20.5. The molecule has 2 heterocycles. The van der Waals surface area contributed by atoms with E-state index >= 15 is 0 Å². The molecule has 0 aliphatic carbocycles. The molecule has 3 rings (SSSR count). The van der Waals surface area contributed by atoms with Gasteiger partial charge in [-0.15, -0.1) is 0 Å². The number of amides is 1. The summed E-state index contributed by atoms with van der Waals surface area (Å²) in [4.78, 5) is 24.1. The van der Waals surface area contributed by atoms with Crippen LogP contribution in [-0.4, -0.2) is 49.8 Å². The first-order chi connectivity index (χ1) is 13.3. The molecule has 28 heavy (non-hydrogen) atoms. The van der Waals surface area contributed by atoms with Gasteiger partial charge in [0.15, 0.2) is 0 Å². The first-order valence-corrected chi connectivity index (χ1v) is 9.46. The van der Waals surface area contributed by atoms with Crippen LogP contribution in [0.4, 0.5) is 13.2 Å². The molecule has 1 aromatic carbocycles.